The van der Waals surface area contributed by atoms with Crippen molar-refractivity contribution in [1.82, 2.24) is 19.8 Å². The van der Waals surface area contributed by atoms with Crippen molar-refractivity contribution in [2.75, 3.05) is 57.2 Å². The number of nitrogens with one attached hydrogen (secondary N) is 2. The molecular formula is C24H29BrClN6OP. The summed E-state index contributed by atoms with van der Waals surface area (Å²) in [6.45, 7) is 8.60. The van der Waals surface area contributed by atoms with Crippen molar-refractivity contribution < 1.29 is 4.57 Å². The summed E-state index contributed by atoms with van der Waals surface area (Å²) >= 11 is 10.1. The molecule has 2 heterocycles. The normalized spacial score (nSPS) is 15.3. The largest absolute Gasteiger partial charge is 0.339 e. The number of hydrogen-bond acceptors (Lipinski definition) is 7. The number of aromatic nitrogens is 2. The first-order chi connectivity index (χ1) is 16.2. The Hall–Kier alpha value is -1.96. The molecule has 7 nitrogen and oxygen atoms in total. The van der Waals surface area contributed by atoms with E-state index in [9.17, 15) is 4.57 Å². The van der Waals surface area contributed by atoms with Crippen LogP contribution in [0.25, 0.3) is 0 Å². The van der Waals surface area contributed by atoms with E-state index in [2.05, 4.69) is 59.4 Å². The quantitative estimate of drug-likeness (QED) is 0.374. The third kappa shape index (κ3) is 6.37. The maximum absolute atomic E-state index is 12.7. The summed E-state index contributed by atoms with van der Waals surface area (Å²) in [4.78, 5) is 13.8. The van der Waals surface area contributed by atoms with Gasteiger partial charge in [-0.05, 0) is 66.1 Å². The predicted octanol–water partition coefficient (Wildman–Crippen LogP) is 5.38. The molecule has 0 radical (unpaired) electrons. The van der Waals surface area contributed by atoms with Crippen LogP contribution in [0.5, 0.6) is 0 Å². The maximum Gasteiger partial charge on any atom is 0.229 e. The molecule has 1 saturated heterocycles. The van der Waals surface area contributed by atoms with Gasteiger partial charge in [-0.15, -0.1) is 0 Å². The van der Waals surface area contributed by atoms with Crippen LogP contribution in [0.4, 0.5) is 23.1 Å². The first-order valence-corrected chi connectivity index (χ1v) is 14.9. The highest BCUT2D eigenvalue weighted by Gasteiger charge is 2.18. The molecule has 4 rings (SSSR count). The van der Waals surface area contributed by atoms with Crippen molar-refractivity contribution in [3.63, 3.8) is 0 Å². The molecule has 1 aliphatic rings. The lowest BCUT2D eigenvalue weighted by Crippen LogP contribution is -2.43. The van der Waals surface area contributed by atoms with E-state index in [0.717, 1.165) is 60.0 Å². The van der Waals surface area contributed by atoms with Crippen LogP contribution in [-0.4, -0.2) is 66.3 Å². The molecule has 180 valence electrons. The van der Waals surface area contributed by atoms with E-state index >= 15 is 0 Å². The molecular weight excluding hydrogens is 535 g/mol. The second kappa shape index (κ2) is 10.8. The van der Waals surface area contributed by atoms with Gasteiger partial charge < -0.3 is 20.1 Å². The van der Waals surface area contributed by atoms with Gasteiger partial charge in [0.1, 0.15) is 13.0 Å². The van der Waals surface area contributed by atoms with Crippen LogP contribution in [0.3, 0.4) is 0 Å². The fraction of sp³-hybridized carbons (Fsp3) is 0.333. The molecule has 34 heavy (non-hydrogen) atoms. The molecule has 0 bridgehead atoms. The van der Waals surface area contributed by atoms with Crippen LogP contribution in [0, 0.1) is 0 Å². The van der Waals surface area contributed by atoms with Gasteiger partial charge in [0.15, 0.2) is 0 Å². The Morgan fingerprint density at radius 2 is 1.82 bits per heavy atom. The minimum Gasteiger partial charge on any atom is -0.339 e. The first kappa shape index (κ1) is 25.1. The molecule has 2 aromatic carbocycles. The van der Waals surface area contributed by atoms with Gasteiger partial charge >= 0.3 is 0 Å². The SMILES string of the molecule is CN1CCN(Cc2ccc(Nc3ncc(Br)c(Nc4ccccc4P(C)(C)=O)n3)cc2Cl)CC1. The van der Waals surface area contributed by atoms with Gasteiger partial charge in [-0.2, -0.15) is 4.98 Å². The number of para-hydroxylation sites is 1. The van der Waals surface area contributed by atoms with Crippen LogP contribution in [-0.2, 0) is 11.1 Å². The lowest BCUT2D eigenvalue weighted by atomic mass is 10.1. The smallest absolute Gasteiger partial charge is 0.229 e. The highest BCUT2D eigenvalue weighted by molar-refractivity contribution is 9.10. The van der Waals surface area contributed by atoms with Gasteiger partial charge in [-0.25, -0.2) is 4.98 Å². The standard InChI is InChI=1S/C24H29BrClN6OP/c1-31-10-12-32(13-11-31)16-17-8-9-18(14-20(17)26)28-24-27-15-19(25)23(30-24)29-21-6-4-5-7-22(21)34(2,3)33/h4-9,14-15H,10-13,16H2,1-3H3,(H2,27,28,29,30). The molecule has 0 spiro atoms. The van der Waals surface area contributed by atoms with Gasteiger partial charge in [0.2, 0.25) is 5.95 Å². The molecule has 3 aromatic rings. The zero-order valence-electron chi connectivity index (χ0n) is 19.6. The van der Waals surface area contributed by atoms with Crippen LogP contribution in [0.15, 0.2) is 53.1 Å². The minimum absolute atomic E-state index is 0.433. The predicted molar refractivity (Wildman–Crippen MR) is 146 cm³/mol. The molecule has 2 N–H and O–H groups in total. The first-order valence-electron chi connectivity index (χ1n) is 11.1. The third-order valence-electron chi connectivity index (χ3n) is 5.78. The number of piperazine rings is 1. The summed E-state index contributed by atoms with van der Waals surface area (Å²) in [5, 5.41) is 8.03. The Kier molecular flexibility index (Phi) is 7.95. The maximum atomic E-state index is 12.7. The zero-order valence-corrected chi connectivity index (χ0v) is 22.8. The van der Waals surface area contributed by atoms with E-state index in [1.807, 2.05) is 36.4 Å². The zero-order chi connectivity index (χ0) is 24.3. The van der Waals surface area contributed by atoms with Crippen molar-refractivity contribution in [3.8, 4) is 0 Å². The number of rotatable bonds is 7. The van der Waals surface area contributed by atoms with Gasteiger partial charge in [0.05, 0.1) is 10.2 Å². The summed E-state index contributed by atoms with van der Waals surface area (Å²) in [6, 6.07) is 13.5. The molecule has 1 aliphatic heterocycles. The van der Waals surface area contributed by atoms with Crippen LogP contribution in [0.2, 0.25) is 5.02 Å². The lowest BCUT2D eigenvalue weighted by Gasteiger charge is -2.32. The summed E-state index contributed by atoms with van der Waals surface area (Å²) in [7, 11) is -0.305. The Morgan fingerprint density at radius 3 is 2.53 bits per heavy atom. The molecule has 1 fully saturated rings. The van der Waals surface area contributed by atoms with Crippen molar-refractivity contribution in [3.05, 3.63) is 63.7 Å². The topological polar surface area (TPSA) is 73.4 Å². The van der Waals surface area contributed by atoms with E-state index in [4.69, 9.17) is 11.6 Å². The number of likely N-dealkylation sites (N-methyl/N-ethyl adjacent to an activating group) is 1. The van der Waals surface area contributed by atoms with Gasteiger partial charge in [0.25, 0.3) is 0 Å². The molecule has 10 heteroatoms. The Labute approximate surface area is 214 Å². The average molecular weight is 564 g/mol. The highest BCUT2D eigenvalue weighted by Crippen LogP contribution is 2.38. The second-order valence-corrected chi connectivity index (χ2v) is 13.3. The lowest BCUT2D eigenvalue weighted by molar-refractivity contribution is 0.148. The van der Waals surface area contributed by atoms with Crippen molar-refractivity contribution >= 4 is 63.1 Å². The molecule has 0 aliphatic carbocycles. The van der Waals surface area contributed by atoms with Gasteiger partial charge in [0, 0.05) is 54.9 Å². The van der Waals surface area contributed by atoms with E-state index < -0.39 is 7.14 Å². The van der Waals surface area contributed by atoms with E-state index in [1.54, 1.807) is 19.5 Å². The van der Waals surface area contributed by atoms with Crippen molar-refractivity contribution in [2.45, 2.75) is 6.54 Å². The van der Waals surface area contributed by atoms with Crippen molar-refractivity contribution in [1.29, 1.82) is 0 Å². The summed E-state index contributed by atoms with van der Waals surface area (Å²) in [6.07, 6.45) is 1.68. The van der Waals surface area contributed by atoms with Crippen molar-refractivity contribution in [2.24, 2.45) is 0 Å². The number of anilines is 4. The molecule has 0 unspecified atom stereocenters. The average Bonchev–Trinajstić information content (AvgIpc) is 2.79. The Bertz CT molecular complexity index is 1210. The minimum atomic E-state index is -2.46. The number of benzene rings is 2. The van der Waals surface area contributed by atoms with E-state index in [1.165, 1.54) is 0 Å². The van der Waals surface area contributed by atoms with Crippen LogP contribution in [0.1, 0.15) is 5.56 Å². The fourth-order valence-corrected chi connectivity index (χ4v) is 5.51. The molecule has 0 saturated carbocycles. The number of nitrogens with zero attached hydrogens (tertiary/aromatic N) is 4. The number of halogens is 2. The summed E-state index contributed by atoms with van der Waals surface area (Å²) in [5.41, 5.74) is 2.68. The Morgan fingerprint density at radius 1 is 1.09 bits per heavy atom. The fourth-order valence-electron chi connectivity index (χ4n) is 3.82. The molecule has 0 atom stereocenters. The second-order valence-electron chi connectivity index (χ2n) is 8.89. The van der Waals surface area contributed by atoms with Gasteiger partial charge in [-0.3, -0.25) is 4.90 Å². The molecule has 1 aromatic heterocycles. The van der Waals surface area contributed by atoms with Gasteiger partial charge in [-0.1, -0.05) is 29.8 Å². The number of hydrogen-bond donors (Lipinski definition) is 2. The third-order valence-corrected chi connectivity index (χ3v) is 8.26. The van der Waals surface area contributed by atoms with E-state index in [0.29, 0.717) is 16.2 Å². The van der Waals surface area contributed by atoms with Crippen LogP contribution >= 0.6 is 34.7 Å². The summed E-state index contributed by atoms with van der Waals surface area (Å²) in [5.74, 6) is 1.01. The Balaban J connectivity index is 1.49. The monoisotopic (exact) mass is 562 g/mol. The van der Waals surface area contributed by atoms with E-state index in [-0.39, 0.29) is 0 Å². The molecule has 0 amide bonds. The summed E-state index contributed by atoms with van der Waals surface area (Å²) < 4.78 is 13.4. The highest BCUT2D eigenvalue weighted by atomic mass is 79.9. The van der Waals surface area contributed by atoms with Crippen LogP contribution < -0.4 is 15.9 Å².